The van der Waals surface area contributed by atoms with E-state index in [1.165, 1.54) is 12.1 Å². The zero-order valence-corrected chi connectivity index (χ0v) is 15.2. The van der Waals surface area contributed by atoms with Crippen LogP contribution >= 0.6 is 11.3 Å². The molecule has 0 aliphatic heterocycles. The molecule has 0 fully saturated rings. The number of hydrogen-bond acceptors (Lipinski definition) is 5. The molecule has 27 heavy (non-hydrogen) atoms. The first-order chi connectivity index (χ1) is 13.0. The van der Waals surface area contributed by atoms with Crippen LogP contribution in [0.2, 0.25) is 0 Å². The average molecular weight is 379 g/mol. The quantitative estimate of drug-likeness (QED) is 0.547. The van der Waals surface area contributed by atoms with Crippen LogP contribution in [0.25, 0.3) is 11.0 Å². The SMILES string of the molecule is Cc1ccc(Cc2nn3c(=O)/c(=C\c4ccccc4F)sc3nc2=O)cc1. The molecule has 0 unspecified atom stereocenters. The van der Waals surface area contributed by atoms with E-state index in [4.69, 9.17) is 0 Å². The second-order valence-corrected chi connectivity index (χ2v) is 7.17. The molecule has 0 radical (unpaired) electrons. The number of thiazole rings is 1. The fourth-order valence-corrected chi connectivity index (χ4v) is 3.58. The third-order valence-electron chi connectivity index (χ3n) is 4.13. The highest BCUT2D eigenvalue weighted by atomic mass is 32.1. The van der Waals surface area contributed by atoms with Crippen molar-refractivity contribution < 1.29 is 4.39 Å². The van der Waals surface area contributed by atoms with Gasteiger partial charge in [0.05, 0.1) is 4.53 Å². The Labute approximate surface area is 157 Å². The fraction of sp³-hybridized carbons (Fsp3) is 0.100. The molecule has 2 aromatic heterocycles. The normalized spacial score (nSPS) is 12.0. The van der Waals surface area contributed by atoms with E-state index < -0.39 is 16.9 Å². The van der Waals surface area contributed by atoms with Gasteiger partial charge in [-0.05, 0) is 24.6 Å². The molecule has 7 heteroatoms. The molecular formula is C20H14FN3O2S. The van der Waals surface area contributed by atoms with Crippen molar-refractivity contribution in [2.45, 2.75) is 13.3 Å². The van der Waals surface area contributed by atoms with E-state index >= 15 is 0 Å². The van der Waals surface area contributed by atoms with E-state index in [1.807, 2.05) is 31.2 Å². The Bertz CT molecular complexity index is 1310. The maximum Gasteiger partial charge on any atom is 0.296 e. The van der Waals surface area contributed by atoms with E-state index in [0.717, 1.165) is 27.0 Å². The lowest BCUT2D eigenvalue weighted by atomic mass is 10.1. The Balaban J connectivity index is 1.82. The van der Waals surface area contributed by atoms with Crippen LogP contribution in [0.4, 0.5) is 4.39 Å². The maximum atomic E-state index is 13.8. The highest BCUT2D eigenvalue weighted by Crippen LogP contribution is 2.09. The van der Waals surface area contributed by atoms with Crippen LogP contribution in [0.5, 0.6) is 0 Å². The average Bonchev–Trinajstić information content (AvgIpc) is 2.94. The van der Waals surface area contributed by atoms with Crippen LogP contribution in [0.1, 0.15) is 22.4 Å². The van der Waals surface area contributed by atoms with Crippen molar-refractivity contribution in [3.63, 3.8) is 0 Å². The molecule has 0 saturated heterocycles. The number of nitrogens with zero attached hydrogens (tertiary/aromatic N) is 3. The molecule has 0 N–H and O–H groups in total. The standard InChI is InChI=1S/C20H14FN3O2S/c1-12-6-8-13(9-7-12)10-16-18(25)22-20-24(23-16)19(26)17(27-20)11-14-4-2-3-5-15(14)21/h2-9,11H,10H2,1H3/b17-11+. The molecule has 2 aromatic carbocycles. The third kappa shape index (κ3) is 3.41. The minimum Gasteiger partial charge on any atom is -0.266 e. The molecular weight excluding hydrogens is 365 g/mol. The maximum absolute atomic E-state index is 13.8. The number of rotatable bonds is 3. The van der Waals surface area contributed by atoms with Gasteiger partial charge in [-0.25, -0.2) is 4.39 Å². The summed E-state index contributed by atoms with van der Waals surface area (Å²) in [7, 11) is 0. The van der Waals surface area contributed by atoms with Crippen molar-refractivity contribution >= 4 is 22.4 Å². The Hall–Kier alpha value is -3.19. The lowest BCUT2D eigenvalue weighted by molar-refractivity contribution is 0.625. The number of aryl methyl sites for hydroxylation is 1. The minimum absolute atomic E-state index is 0.195. The highest BCUT2D eigenvalue weighted by molar-refractivity contribution is 7.15. The Morgan fingerprint density at radius 2 is 1.85 bits per heavy atom. The molecule has 4 aromatic rings. The molecule has 0 atom stereocenters. The summed E-state index contributed by atoms with van der Waals surface area (Å²) in [5.74, 6) is -0.426. The van der Waals surface area contributed by atoms with Crippen LogP contribution in [0, 0.1) is 12.7 Å². The fourth-order valence-electron chi connectivity index (χ4n) is 2.68. The molecule has 0 saturated carbocycles. The van der Waals surface area contributed by atoms with Gasteiger partial charge in [0.1, 0.15) is 11.5 Å². The largest absolute Gasteiger partial charge is 0.296 e. The summed E-state index contributed by atoms with van der Waals surface area (Å²) in [5, 5.41) is 4.20. The summed E-state index contributed by atoms with van der Waals surface area (Å²) >= 11 is 1.01. The van der Waals surface area contributed by atoms with Crippen LogP contribution in [-0.2, 0) is 6.42 Å². The second-order valence-electron chi connectivity index (χ2n) is 6.16. The first-order valence-corrected chi connectivity index (χ1v) is 9.07. The van der Waals surface area contributed by atoms with Crippen LogP contribution in [0.3, 0.4) is 0 Å². The van der Waals surface area contributed by atoms with Crippen molar-refractivity contribution in [2.24, 2.45) is 0 Å². The predicted octanol–water partition coefficient (Wildman–Crippen LogP) is 2.10. The molecule has 0 amide bonds. The van der Waals surface area contributed by atoms with E-state index in [1.54, 1.807) is 18.2 Å². The highest BCUT2D eigenvalue weighted by Gasteiger charge is 2.12. The molecule has 0 bridgehead atoms. The molecule has 0 aliphatic carbocycles. The van der Waals surface area contributed by atoms with Gasteiger partial charge in [0, 0.05) is 12.0 Å². The van der Waals surface area contributed by atoms with E-state index in [2.05, 4.69) is 10.1 Å². The van der Waals surface area contributed by atoms with Gasteiger partial charge < -0.3 is 0 Å². The monoisotopic (exact) mass is 379 g/mol. The van der Waals surface area contributed by atoms with Crippen molar-refractivity contribution in [3.8, 4) is 0 Å². The second kappa shape index (κ2) is 6.85. The first kappa shape index (κ1) is 17.2. The molecule has 0 aliphatic rings. The van der Waals surface area contributed by atoms with E-state index in [9.17, 15) is 14.0 Å². The summed E-state index contributed by atoms with van der Waals surface area (Å²) in [6.45, 7) is 1.98. The van der Waals surface area contributed by atoms with E-state index in [-0.39, 0.29) is 21.6 Å². The van der Waals surface area contributed by atoms with Gasteiger partial charge in [-0.15, -0.1) is 0 Å². The van der Waals surface area contributed by atoms with Gasteiger partial charge in [0.25, 0.3) is 11.1 Å². The van der Waals surface area contributed by atoms with Gasteiger partial charge in [-0.1, -0.05) is 59.4 Å². The van der Waals surface area contributed by atoms with Crippen molar-refractivity contribution in [2.75, 3.05) is 0 Å². The summed E-state index contributed by atoms with van der Waals surface area (Å²) < 4.78 is 15.2. The topological polar surface area (TPSA) is 64.3 Å². The van der Waals surface area contributed by atoms with Gasteiger partial charge in [-0.3, -0.25) is 9.59 Å². The molecule has 5 nitrogen and oxygen atoms in total. The number of fused-ring (bicyclic) bond motifs is 1. The molecule has 2 heterocycles. The van der Waals surface area contributed by atoms with Gasteiger partial charge in [-0.2, -0.15) is 14.6 Å². The summed E-state index contributed by atoms with van der Waals surface area (Å²) in [4.78, 5) is 29.1. The number of halogens is 1. The first-order valence-electron chi connectivity index (χ1n) is 8.26. The minimum atomic E-state index is -0.464. The summed E-state index contributed by atoms with van der Waals surface area (Å²) in [5.41, 5.74) is 1.63. The molecule has 134 valence electrons. The smallest absolute Gasteiger partial charge is 0.266 e. The molecule has 4 rings (SSSR count). The lowest BCUT2D eigenvalue weighted by Gasteiger charge is -2.01. The van der Waals surface area contributed by atoms with Gasteiger partial charge >= 0.3 is 0 Å². The molecule has 0 spiro atoms. The van der Waals surface area contributed by atoms with Crippen molar-refractivity contribution in [3.05, 3.63) is 102 Å². The van der Waals surface area contributed by atoms with Crippen molar-refractivity contribution in [1.29, 1.82) is 0 Å². The van der Waals surface area contributed by atoms with Gasteiger partial charge in [0.15, 0.2) is 0 Å². The Morgan fingerprint density at radius 1 is 1.11 bits per heavy atom. The van der Waals surface area contributed by atoms with Gasteiger partial charge in [0.2, 0.25) is 4.96 Å². The number of benzene rings is 2. The zero-order chi connectivity index (χ0) is 19.0. The van der Waals surface area contributed by atoms with Crippen LogP contribution in [-0.4, -0.2) is 14.6 Å². The Kier molecular flexibility index (Phi) is 4.37. The number of hydrogen-bond donors (Lipinski definition) is 0. The van der Waals surface area contributed by atoms with Crippen LogP contribution < -0.4 is 15.7 Å². The van der Waals surface area contributed by atoms with Crippen molar-refractivity contribution in [1.82, 2.24) is 14.6 Å². The summed E-state index contributed by atoms with van der Waals surface area (Å²) in [6.07, 6.45) is 1.74. The number of aromatic nitrogens is 3. The van der Waals surface area contributed by atoms with E-state index in [0.29, 0.717) is 5.56 Å². The lowest BCUT2D eigenvalue weighted by Crippen LogP contribution is -2.28. The predicted molar refractivity (Wildman–Crippen MR) is 103 cm³/mol. The third-order valence-corrected chi connectivity index (χ3v) is 5.09. The summed E-state index contributed by atoms with van der Waals surface area (Å²) in [6, 6.07) is 13.9. The zero-order valence-electron chi connectivity index (χ0n) is 14.3. The van der Waals surface area contributed by atoms with Crippen LogP contribution in [0.15, 0.2) is 58.1 Å². The Morgan fingerprint density at radius 3 is 2.59 bits per heavy atom.